The van der Waals surface area contributed by atoms with Crippen LogP contribution in [0.5, 0.6) is 0 Å². The summed E-state index contributed by atoms with van der Waals surface area (Å²) < 4.78 is 24.7. The highest BCUT2D eigenvalue weighted by Gasteiger charge is 2.14. The third-order valence-corrected chi connectivity index (χ3v) is 3.16. The van der Waals surface area contributed by atoms with Crippen LogP contribution in [0.1, 0.15) is 18.9 Å². The van der Waals surface area contributed by atoms with Crippen molar-refractivity contribution in [3.8, 4) is 0 Å². The van der Waals surface area contributed by atoms with E-state index in [1.807, 2.05) is 0 Å². The number of aliphatic carboxylic acids is 1. The molecule has 1 unspecified atom stereocenters. The molecular weight excluding hydrogens is 268 g/mol. The second-order valence-electron chi connectivity index (χ2n) is 4.35. The molecule has 19 heavy (non-hydrogen) atoms. The van der Waals surface area contributed by atoms with Crippen molar-refractivity contribution in [3.63, 3.8) is 0 Å². The smallest absolute Gasteiger partial charge is 0.326 e. The maximum Gasteiger partial charge on any atom is 0.326 e. The second kappa shape index (κ2) is 5.92. The number of carboxylic acid groups (broad SMARTS) is 1. The largest absolute Gasteiger partial charge is 0.480 e. The summed E-state index contributed by atoms with van der Waals surface area (Å²) in [6.45, 7) is 3.53. The van der Waals surface area contributed by atoms with Crippen molar-refractivity contribution in [2.24, 2.45) is 0 Å². The predicted molar refractivity (Wildman–Crippen MR) is 75.0 cm³/mol. The first kappa shape index (κ1) is 15.3. The number of hydrogen-bond acceptors (Lipinski definition) is 4. The quantitative estimate of drug-likeness (QED) is 0.739. The average Bonchev–Trinajstić information content (AvgIpc) is 2.27. The van der Waals surface area contributed by atoms with Gasteiger partial charge in [0, 0.05) is 5.69 Å². The van der Waals surface area contributed by atoms with Crippen LogP contribution in [0.2, 0.25) is 0 Å². The van der Waals surface area contributed by atoms with Gasteiger partial charge in [0.2, 0.25) is 10.0 Å². The SMILES string of the molecule is CCC(Nc1ccc(NS(C)(=O)=O)c(C)c1)C(=O)O. The van der Waals surface area contributed by atoms with Crippen LogP contribution in [0.15, 0.2) is 18.2 Å². The molecule has 1 aromatic carbocycles. The minimum absolute atomic E-state index is 0.456. The lowest BCUT2D eigenvalue weighted by Crippen LogP contribution is -2.28. The van der Waals surface area contributed by atoms with E-state index in [-0.39, 0.29) is 0 Å². The van der Waals surface area contributed by atoms with Gasteiger partial charge in [0.1, 0.15) is 6.04 Å². The zero-order chi connectivity index (χ0) is 14.6. The van der Waals surface area contributed by atoms with Gasteiger partial charge in [0.05, 0.1) is 11.9 Å². The molecular formula is C12H18N2O4S. The number of sulfonamides is 1. The van der Waals surface area contributed by atoms with Gasteiger partial charge in [-0.15, -0.1) is 0 Å². The summed E-state index contributed by atoms with van der Waals surface area (Å²) in [5, 5.41) is 11.8. The van der Waals surface area contributed by atoms with Crippen LogP contribution in [-0.4, -0.2) is 31.8 Å². The molecule has 0 heterocycles. The summed E-state index contributed by atoms with van der Waals surface area (Å²) in [4.78, 5) is 10.9. The summed E-state index contributed by atoms with van der Waals surface area (Å²) in [5.74, 6) is -0.918. The normalized spacial score (nSPS) is 12.8. The molecule has 1 aromatic rings. The van der Waals surface area contributed by atoms with Crippen molar-refractivity contribution in [1.29, 1.82) is 0 Å². The maximum absolute atomic E-state index is 11.1. The molecule has 0 fully saturated rings. The van der Waals surface area contributed by atoms with Crippen molar-refractivity contribution >= 4 is 27.4 Å². The molecule has 1 rings (SSSR count). The zero-order valence-corrected chi connectivity index (χ0v) is 11.9. The van der Waals surface area contributed by atoms with Gasteiger partial charge in [-0.25, -0.2) is 13.2 Å². The van der Waals surface area contributed by atoms with Crippen LogP contribution in [0, 0.1) is 6.92 Å². The van der Waals surface area contributed by atoms with Gasteiger partial charge in [-0.05, 0) is 37.1 Å². The molecule has 0 aromatic heterocycles. The van der Waals surface area contributed by atoms with Crippen molar-refractivity contribution in [2.45, 2.75) is 26.3 Å². The second-order valence-corrected chi connectivity index (χ2v) is 6.10. The lowest BCUT2D eigenvalue weighted by Gasteiger charge is -2.15. The van der Waals surface area contributed by atoms with E-state index in [4.69, 9.17) is 5.11 Å². The fourth-order valence-corrected chi connectivity index (χ4v) is 2.24. The first-order valence-corrected chi connectivity index (χ1v) is 7.70. The molecule has 0 spiro atoms. The van der Waals surface area contributed by atoms with Gasteiger partial charge >= 0.3 is 5.97 Å². The van der Waals surface area contributed by atoms with Crippen molar-refractivity contribution in [1.82, 2.24) is 0 Å². The Morgan fingerprint density at radius 1 is 1.42 bits per heavy atom. The van der Waals surface area contributed by atoms with E-state index in [2.05, 4.69) is 10.0 Å². The highest BCUT2D eigenvalue weighted by Crippen LogP contribution is 2.21. The summed E-state index contributed by atoms with van der Waals surface area (Å²) in [7, 11) is -3.32. The Bertz CT molecular complexity index is 569. The van der Waals surface area contributed by atoms with Gasteiger partial charge in [0.25, 0.3) is 0 Å². The molecule has 1 atom stereocenters. The molecule has 6 nitrogen and oxygen atoms in total. The molecule has 0 bridgehead atoms. The fraction of sp³-hybridized carbons (Fsp3) is 0.417. The summed E-state index contributed by atoms with van der Waals surface area (Å²) in [6, 6.07) is 4.30. The summed E-state index contributed by atoms with van der Waals surface area (Å²) in [5.41, 5.74) is 1.85. The van der Waals surface area contributed by atoms with Crippen molar-refractivity contribution in [2.75, 3.05) is 16.3 Å². The van der Waals surface area contributed by atoms with E-state index in [1.54, 1.807) is 32.0 Å². The average molecular weight is 286 g/mol. The first-order valence-electron chi connectivity index (χ1n) is 5.80. The van der Waals surface area contributed by atoms with Crippen LogP contribution in [0.3, 0.4) is 0 Å². The van der Waals surface area contributed by atoms with E-state index in [0.29, 0.717) is 17.8 Å². The number of carboxylic acids is 1. The van der Waals surface area contributed by atoms with Gasteiger partial charge in [-0.3, -0.25) is 4.72 Å². The Labute approximate surface area is 112 Å². The van der Waals surface area contributed by atoms with Gasteiger partial charge in [-0.2, -0.15) is 0 Å². The zero-order valence-electron chi connectivity index (χ0n) is 11.1. The van der Waals surface area contributed by atoms with Crippen LogP contribution in [-0.2, 0) is 14.8 Å². The number of carbonyl (C=O) groups is 1. The predicted octanol–water partition coefficient (Wildman–Crippen LogP) is 1.64. The number of hydrogen-bond donors (Lipinski definition) is 3. The Morgan fingerprint density at radius 2 is 2.05 bits per heavy atom. The Morgan fingerprint density at radius 3 is 2.47 bits per heavy atom. The number of aryl methyl sites for hydroxylation is 1. The van der Waals surface area contributed by atoms with Crippen LogP contribution in [0.25, 0.3) is 0 Å². The molecule has 0 saturated heterocycles. The lowest BCUT2D eigenvalue weighted by atomic mass is 10.1. The lowest BCUT2D eigenvalue weighted by molar-refractivity contribution is -0.137. The number of benzene rings is 1. The van der Waals surface area contributed by atoms with E-state index < -0.39 is 22.0 Å². The third-order valence-electron chi connectivity index (χ3n) is 2.57. The first-order chi connectivity index (χ1) is 8.73. The third kappa shape index (κ3) is 4.78. The Balaban J connectivity index is 2.91. The maximum atomic E-state index is 11.1. The highest BCUT2D eigenvalue weighted by atomic mass is 32.2. The summed E-state index contributed by atoms with van der Waals surface area (Å²) >= 11 is 0. The Hall–Kier alpha value is -1.76. The summed E-state index contributed by atoms with van der Waals surface area (Å²) in [6.07, 6.45) is 1.54. The number of rotatable bonds is 6. The van der Waals surface area contributed by atoms with Crippen molar-refractivity contribution < 1.29 is 18.3 Å². The van der Waals surface area contributed by atoms with Gasteiger partial charge < -0.3 is 10.4 Å². The van der Waals surface area contributed by atoms with Crippen LogP contribution >= 0.6 is 0 Å². The minimum Gasteiger partial charge on any atom is -0.480 e. The molecule has 106 valence electrons. The van der Waals surface area contributed by atoms with Crippen LogP contribution in [0.4, 0.5) is 11.4 Å². The van der Waals surface area contributed by atoms with Crippen molar-refractivity contribution in [3.05, 3.63) is 23.8 Å². The number of nitrogens with one attached hydrogen (secondary N) is 2. The van der Waals surface area contributed by atoms with E-state index in [1.165, 1.54) is 0 Å². The van der Waals surface area contributed by atoms with E-state index in [9.17, 15) is 13.2 Å². The standard InChI is InChI=1S/C12H18N2O4S/c1-4-10(12(15)16)13-9-5-6-11(8(2)7-9)14-19(3,17)18/h5-7,10,13-14H,4H2,1-3H3,(H,15,16). The molecule has 3 N–H and O–H groups in total. The fourth-order valence-electron chi connectivity index (χ4n) is 1.61. The topological polar surface area (TPSA) is 95.5 Å². The molecule has 0 aliphatic carbocycles. The minimum atomic E-state index is -3.32. The molecule has 7 heteroatoms. The monoisotopic (exact) mass is 286 g/mol. The van der Waals surface area contributed by atoms with Gasteiger partial charge in [-0.1, -0.05) is 6.92 Å². The van der Waals surface area contributed by atoms with E-state index in [0.717, 1.165) is 11.8 Å². The van der Waals surface area contributed by atoms with E-state index >= 15 is 0 Å². The molecule has 0 aliphatic heterocycles. The van der Waals surface area contributed by atoms with Gasteiger partial charge in [0.15, 0.2) is 0 Å². The Kier molecular flexibility index (Phi) is 4.77. The molecule has 0 aliphatic rings. The van der Waals surface area contributed by atoms with Crippen LogP contribution < -0.4 is 10.0 Å². The molecule has 0 saturated carbocycles. The molecule has 0 amide bonds. The molecule has 0 radical (unpaired) electrons. The highest BCUT2D eigenvalue weighted by molar-refractivity contribution is 7.92. The number of anilines is 2.